The number of benzene rings is 1. The van der Waals surface area contributed by atoms with Gasteiger partial charge in [-0.3, -0.25) is 10.1 Å². The number of carbonyl (C=O) groups excluding carboxylic acids is 1. The van der Waals surface area contributed by atoms with Gasteiger partial charge in [0.2, 0.25) is 5.91 Å². The van der Waals surface area contributed by atoms with Crippen LogP contribution in [0, 0.1) is 6.92 Å². The maximum absolute atomic E-state index is 12.8. The van der Waals surface area contributed by atoms with E-state index in [0.717, 1.165) is 12.8 Å². The monoisotopic (exact) mass is 288 g/mol. The summed E-state index contributed by atoms with van der Waals surface area (Å²) in [6.07, 6.45) is 1.84. The van der Waals surface area contributed by atoms with Gasteiger partial charge in [0.1, 0.15) is 11.7 Å². The van der Waals surface area contributed by atoms with Gasteiger partial charge in [-0.25, -0.2) is 0 Å². The summed E-state index contributed by atoms with van der Waals surface area (Å²) in [6, 6.07) is 8.27. The van der Waals surface area contributed by atoms with E-state index in [1.807, 2.05) is 30.9 Å². The minimum Gasteiger partial charge on any atom is -0.377 e. The number of carbonyl (C=O) groups is 1. The fourth-order valence-corrected chi connectivity index (χ4v) is 3.05. The Morgan fingerprint density at radius 2 is 2.05 bits per heavy atom. The zero-order chi connectivity index (χ0) is 15.3. The topological polar surface area (TPSA) is 41.6 Å². The van der Waals surface area contributed by atoms with Gasteiger partial charge >= 0.3 is 0 Å². The number of nitrogens with one attached hydrogen (secondary N) is 1. The highest BCUT2D eigenvalue weighted by molar-refractivity contribution is 5.92. The van der Waals surface area contributed by atoms with Gasteiger partial charge in [-0.2, -0.15) is 0 Å². The molecule has 1 aliphatic heterocycles. The minimum absolute atomic E-state index is 0.0457. The van der Waals surface area contributed by atoms with Crippen LogP contribution in [0.1, 0.15) is 44.0 Å². The Bertz CT molecular complexity index is 564. The van der Waals surface area contributed by atoms with Gasteiger partial charge in [0.15, 0.2) is 0 Å². The first kappa shape index (κ1) is 14.5. The lowest BCUT2D eigenvalue weighted by molar-refractivity contribution is -0.134. The summed E-state index contributed by atoms with van der Waals surface area (Å²) in [5.41, 5.74) is 1.73. The van der Waals surface area contributed by atoms with Crippen LogP contribution in [-0.2, 0) is 9.53 Å². The highest BCUT2D eigenvalue weighted by Crippen LogP contribution is 2.46. The predicted molar refractivity (Wildman–Crippen MR) is 81.8 cm³/mol. The summed E-state index contributed by atoms with van der Waals surface area (Å²) < 4.78 is 5.53. The molecule has 1 aliphatic carbocycles. The van der Waals surface area contributed by atoms with E-state index in [4.69, 9.17) is 4.74 Å². The molecular formula is C17H24N2O2. The van der Waals surface area contributed by atoms with Crippen LogP contribution in [0.15, 0.2) is 24.3 Å². The van der Waals surface area contributed by atoms with Crippen molar-refractivity contribution < 1.29 is 9.53 Å². The van der Waals surface area contributed by atoms with Crippen molar-refractivity contribution in [2.45, 2.75) is 50.9 Å². The second kappa shape index (κ2) is 4.82. The average molecular weight is 288 g/mol. The van der Waals surface area contributed by atoms with Gasteiger partial charge in [0.05, 0.1) is 12.1 Å². The van der Waals surface area contributed by atoms with Crippen molar-refractivity contribution in [3.05, 3.63) is 35.4 Å². The van der Waals surface area contributed by atoms with Crippen molar-refractivity contribution in [3.8, 4) is 0 Å². The first-order valence-electron chi connectivity index (χ1n) is 7.58. The van der Waals surface area contributed by atoms with E-state index >= 15 is 0 Å². The van der Waals surface area contributed by atoms with Crippen LogP contribution in [-0.4, -0.2) is 35.6 Å². The summed E-state index contributed by atoms with van der Waals surface area (Å²) in [5.74, 6) is 0.223. The van der Waals surface area contributed by atoms with Crippen LogP contribution in [0.5, 0.6) is 0 Å². The summed E-state index contributed by atoms with van der Waals surface area (Å²) in [4.78, 5) is 14.7. The van der Waals surface area contributed by atoms with Crippen molar-refractivity contribution in [1.82, 2.24) is 10.2 Å². The van der Waals surface area contributed by atoms with E-state index in [0.29, 0.717) is 6.54 Å². The summed E-state index contributed by atoms with van der Waals surface area (Å²) in [6.45, 7) is 6.73. The van der Waals surface area contributed by atoms with Crippen LogP contribution in [0.2, 0.25) is 0 Å². The molecule has 4 nitrogen and oxygen atoms in total. The first-order valence-corrected chi connectivity index (χ1v) is 7.58. The molecule has 1 aromatic rings. The molecule has 2 fully saturated rings. The molecule has 1 saturated heterocycles. The lowest BCUT2D eigenvalue weighted by atomic mass is 10.0. The van der Waals surface area contributed by atoms with Crippen LogP contribution in [0.25, 0.3) is 0 Å². The van der Waals surface area contributed by atoms with E-state index in [1.165, 1.54) is 11.1 Å². The number of methoxy groups -OCH3 is 1. The quantitative estimate of drug-likeness (QED) is 0.925. The van der Waals surface area contributed by atoms with Crippen LogP contribution >= 0.6 is 0 Å². The number of ether oxygens (including phenoxy) is 1. The Labute approximate surface area is 126 Å². The van der Waals surface area contributed by atoms with Gasteiger partial charge in [-0.1, -0.05) is 24.3 Å². The summed E-state index contributed by atoms with van der Waals surface area (Å²) in [7, 11) is 1.70. The third kappa shape index (κ3) is 2.47. The molecule has 1 atom stereocenters. The Hall–Kier alpha value is -1.39. The van der Waals surface area contributed by atoms with Gasteiger partial charge in [-0.05, 0) is 44.7 Å². The number of amides is 1. The molecule has 0 aromatic heterocycles. The SMILES string of the molecule is COC(C)(C)CN1C(=O)C2(CC2)NC1c1ccccc1C. The van der Waals surface area contributed by atoms with Gasteiger partial charge in [-0.15, -0.1) is 0 Å². The number of hydrogen-bond acceptors (Lipinski definition) is 3. The van der Waals surface area contributed by atoms with Crippen molar-refractivity contribution in [2.24, 2.45) is 0 Å². The Morgan fingerprint density at radius 1 is 1.38 bits per heavy atom. The maximum Gasteiger partial charge on any atom is 0.244 e. The predicted octanol–water partition coefficient (Wildman–Crippen LogP) is 2.38. The number of aryl methyl sites for hydroxylation is 1. The lowest BCUT2D eigenvalue weighted by Gasteiger charge is -2.33. The third-order valence-electron chi connectivity index (χ3n) is 4.73. The smallest absolute Gasteiger partial charge is 0.244 e. The molecule has 4 heteroatoms. The van der Waals surface area contributed by atoms with E-state index in [-0.39, 0.29) is 23.2 Å². The normalized spacial score (nSPS) is 23.9. The molecular weight excluding hydrogens is 264 g/mol. The zero-order valence-electron chi connectivity index (χ0n) is 13.3. The van der Waals surface area contributed by atoms with Crippen molar-refractivity contribution in [3.63, 3.8) is 0 Å². The first-order chi connectivity index (χ1) is 9.88. The van der Waals surface area contributed by atoms with Crippen LogP contribution < -0.4 is 5.32 Å². The Morgan fingerprint density at radius 3 is 2.62 bits per heavy atom. The molecule has 1 aromatic carbocycles. The number of rotatable bonds is 4. The number of hydrogen-bond donors (Lipinski definition) is 1. The van der Waals surface area contributed by atoms with Gasteiger partial charge < -0.3 is 9.64 Å². The molecule has 21 heavy (non-hydrogen) atoms. The molecule has 1 saturated carbocycles. The molecule has 114 valence electrons. The van der Waals surface area contributed by atoms with E-state index in [2.05, 4.69) is 24.4 Å². The van der Waals surface area contributed by atoms with Crippen LogP contribution in [0.4, 0.5) is 0 Å². The largest absolute Gasteiger partial charge is 0.377 e. The second-order valence-corrected chi connectivity index (χ2v) is 6.88. The highest BCUT2D eigenvalue weighted by atomic mass is 16.5. The fraction of sp³-hybridized carbons (Fsp3) is 0.588. The molecule has 1 amide bonds. The molecule has 0 radical (unpaired) electrons. The Balaban J connectivity index is 1.94. The highest BCUT2D eigenvalue weighted by Gasteiger charge is 2.59. The molecule has 1 N–H and O–H groups in total. The lowest BCUT2D eigenvalue weighted by Crippen LogP contribution is -2.43. The molecule has 1 heterocycles. The van der Waals surface area contributed by atoms with Crippen molar-refractivity contribution in [2.75, 3.05) is 13.7 Å². The summed E-state index contributed by atoms with van der Waals surface area (Å²) in [5, 5.41) is 3.57. The fourth-order valence-electron chi connectivity index (χ4n) is 3.05. The van der Waals surface area contributed by atoms with Crippen LogP contribution in [0.3, 0.4) is 0 Å². The zero-order valence-corrected chi connectivity index (χ0v) is 13.3. The van der Waals surface area contributed by atoms with Gasteiger partial charge in [0.25, 0.3) is 0 Å². The molecule has 1 unspecified atom stereocenters. The van der Waals surface area contributed by atoms with E-state index in [9.17, 15) is 4.79 Å². The van der Waals surface area contributed by atoms with E-state index < -0.39 is 0 Å². The molecule has 2 aliphatic rings. The molecule has 0 bridgehead atoms. The second-order valence-electron chi connectivity index (χ2n) is 6.88. The van der Waals surface area contributed by atoms with Gasteiger partial charge in [0, 0.05) is 7.11 Å². The number of nitrogens with zero attached hydrogens (tertiary/aromatic N) is 1. The average Bonchev–Trinajstić information content (AvgIpc) is 3.19. The minimum atomic E-state index is -0.349. The standard InChI is InChI=1S/C17H24N2O2/c1-12-7-5-6-8-13(12)14-18-17(9-10-17)15(20)19(14)11-16(2,3)21-4/h5-8,14,18H,9-11H2,1-4H3. The van der Waals surface area contributed by atoms with Crippen molar-refractivity contribution in [1.29, 1.82) is 0 Å². The van der Waals surface area contributed by atoms with E-state index in [1.54, 1.807) is 7.11 Å². The Kier molecular flexibility index (Phi) is 3.34. The third-order valence-corrected chi connectivity index (χ3v) is 4.73. The maximum atomic E-state index is 12.8. The van der Waals surface area contributed by atoms with Crippen molar-refractivity contribution >= 4 is 5.91 Å². The molecule has 3 rings (SSSR count). The summed E-state index contributed by atoms with van der Waals surface area (Å²) >= 11 is 0. The molecule has 1 spiro atoms.